The van der Waals surface area contributed by atoms with Crippen LogP contribution in [-0.4, -0.2) is 38.7 Å². The fourth-order valence-corrected chi connectivity index (χ4v) is 4.11. The van der Waals surface area contributed by atoms with E-state index < -0.39 is 12.0 Å². The maximum absolute atomic E-state index is 13.5. The molecule has 186 valence electrons. The van der Waals surface area contributed by atoms with Gasteiger partial charge in [0.15, 0.2) is 11.5 Å². The molecule has 2 N–H and O–H groups in total. The number of nitrogens with zero attached hydrogens (tertiary/aromatic N) is 4. The van der Waals surface area contributed by atoms with Crippen molar-refractivity contribution in [3.05, 3.63) is 101 Å². The molecule has 0 spiro atoms. The number of allylic oxidation sites excluding steroid dienone is 1. The van der Waals surface area contributed by atoms with Gasteiger partial charge in [-0.15, -0.1) is 0 Å². The molecule has 0 saturated heterocycles. The molecule has 10 heteroatoms. The molecule has 0 radical (unpaired) electrons. The summed E-state index contributed by atoms with van der Waals surface area (Å²) in [5.41, 5.74) is 2.80. The van der Waals surface area contributed by atoms with Gasteiger partial charge in [-0.25, -0.2) is 4.79 Å². The highest BCUT2D eigenvalue weighted by Gasteiger charge is 2.34. The van der Waals surface area contributed by atoms with Crippen molar-refractivity contribution in [1.82, 2.24) is 20.2 Å². The second-order valence-electron chi connectivity index (χ2n) is 8.23. The lowest BCUT2D eigenvalue weighted by Gasteiger charge is -2.28. The molecule has 1 aromatic heterocycles. The highest BCUT2D eigenvalue weighted by atomic mass is 16.6. The van der Waals surface area contributed by atoms with Crippen molar-refractivity contribution in [3.63, 3.8) is 0 Å². The lowest BCUT2D eigenvalue weighted by Crippen LogP contribution is -2.31. The summed E-state index contributed by atoms with van der Waals surface area (Å²) in [6.45, 7) is 3.98. The fourth-order valence-electron chi connectivity index (χ4n) is 4.11. The zero-order valence-corrected chi connectivity index (χ0v) is 20.2. The molecular weight excluding hydrogens is 472 g/mol. The summed E-state index contributed by atoms with van der Waals surface area (Å²) < 4.78 is 13.0. The van der Waals surface area contributed by atoms with Crippen LogP contribution >= 0.6 is 0 Å². The van der Waals surface area contributed by atoms with Gasteiger partial charge in [-0.3, -0.25) is 4.79 Å². The number of nitrogens with one attached hydrogen (secondary N) is 2. The van der Waals surface area contributed by atoms with E-state index in [2.05, 4.69) is 26.2 Å². The summed E-state index contributed by atoms with van der Waals surface area (Å²) in [6, 6.07) is 22.4. The van der Waals surface area contributed by atoms with E-state index in [0.29, 0.717) is 46.4 Å². The Morgan fingerprint density at radius 2 is 1.73 bits per heavy atom. The minimum atomic E-state index is -0.659. The highest BCUT2D eigenvalue weighted by molar-refractivity contribution is 6.06. The van der Waals surface area contributed by atoms with Crippen LogP contribution in [0.2, 0.25) is 0 Å². The molecule has 1 aliphatic heterocycles. The van der Waals surface area contributed by atoms with E-state index in [-0.39, 0.29) is 11.7 Å². The number of carbonyl (C=O) groups is 2. The van der Waals surface area contributed by atoms with E-state index >= 15 is 0 Å². The Kier molecular flexibility index (Phi) is 6.62. The number of carbonyl (C=O) groups excluding carboxylic acids is 2. The summed E-state index contributed by atoms with van der Waals surface area (Å²) in [5, 5.41) is 18.0. The van der Waals surface area contributed by atoms with E-state index in [9.17, 15) is 9.59 Å². The van der Waals surface area contributed by atoms with Crippen LogP contribution in [-0.2, 0) is 4.79 Å². The highest BCUT2D eigenvalue weighted by Crippen LogP contribution is 2.39. The van der Waals surface area contributed by atoms with Gasteiger partial charge >= 0.3 is 5.97 Å². The Hall–Kier alpha value is -4.99. The zero-order valence-electron chi connectivity index (χ0n) is 20.2. The molecule has 10 nitrogen and oxygen atoms in total. The Balaban J connectivity index is 1.52. The Morgan fingerprint density at radius 3 is 2.46 bits per heavy atom. The van der Waals surface area contributed by atoms with Crippen LogP contribution in [0, 0.1) is 0 Å². The third-order valence-electron chi connectivity index (χ3n) is 5.79. The predicted molar refractivity (Wildman–Crippen MR) is 136 cm³/mol. The first-order valence-electron chi connectivity index (χ1n) is 11.7. The quantitative estimate of drug-likeness (QED) is 0.288. The maximum atomic E-state index is 13.5. The van der Waals surface area contributed by atoms with Crippen LogP contribution in [0.1, 0.15) is 35.8 Å². The second kappa shape index (κ2) is 10.3. The van der Waals surface area contributed by atoms with Gasteiger partial charge in [-0.1, -0.05) is 47.6 Å². The van der Waals surface area contributed by atoms with Crippen LogP contribution in [0.5, 0.6) is 11.5 Å². The van der Waals surface area contributed by atoms with Crippen LogP contribution in [0.15, 0.2) is 90.1 Å². The lowest BCUT2D eigenvalue weighted by molar-refractivity contribution is -0.113. The molecule has 0 bridgehead atoms. The van der Waals surface area contributed by atoms with Gasteiger partial charge in [-0.05, 0) is 66.2 Å². The molecular formula is C27H24N6O4. The average Bonchev–Trinajstić information content (AvgIpc) is 3.38. The van der Waals surface area contributed by atoms with Crippen LogP contribution in [0.25, 0.3) is 0 Å². The van der Waals surface area contributed by atoms with E-state index in [1.54, 1.807) is 49.4 Å². The standard InChI is InChI=1S/C27H24N6O4/c1-3-36-22-16-19(14-15-21(22)37-26(35)18-10-6-4-7-11-18)24-23(17(2)28-27-30-31-32-33(24)27)25(34)29-20-12-8-5-9-13-20/h4-16,24H,3H2,1-2H3,(H,29,34)(H,28,30,32)/t24-/m0/s1. The summed E-state index contributed by atoms with van der Waals surface area (Å²) in [5.74, 6) is 0.216. The number of anilines is 2. The summed E-state index contributed by atoms with van der Waals surface area (Å²) in [7, 11) is 0. The summed E-state index contributed by atoms with van der Waals surface area (Å²) >= 11 is 0. The lowest BCUT2D eigenvalue weighted by atomic mass is 9.94. The van der Waals surface area contributed by atoms with Crippen molar-refractivity contribution in [2.45, 2.75) is 19.9 Å². The van der Waals surface area contributed by atoms with E-state index in [1.807, 2.05) is 43.3 Å². The third-order valence-corrected chi connectivity index (χ3v) is 5.79. The van der Waals surface area contributed by atoms with Gasteiger partial charge in [-0.2, -0.15) is 4.68 Å². The van der Waals surface area contributed by atoms with Gasteiger partial charge < -0.3 is 20.1 Å². The SMILES string of the molecule is CCOc1cc([C@H]2C(C(=O)Nc3ccccc3)=C(C)Nc3nnnn32)ccc1OC(=O)c1ccccc1. The first kappa shape index (κ1) is 23.7. The van der Waals surface area contributed by atoms with Gasteiger partial charge in [0.25, 0.3) is 5.91 Å². The molecule has 0 aliphatic carbocycles. The van der Waals surface area contributed by atoms with Crippen LogP contribution in [0.3, 0.4) is 0 Å². The minimum absolute atomic E-state index is 0.265. The van der Waals surface area contributed by atoms with Crippen molar-refractivity contribution < 1.29 is 19.1 Å². The number of ether oxygens (including phenoxy) is 2. The zero-order chi connectivity index (χ0) is 25.8. The number of fused-ring (bicyclic) bond motifs is 1. The predicted octanol–water partition coefficient (Wildman–Crippen LogP) is 4.22. The van der Waals surface area contributed by atoms with Gasteiger partial charge in [0.1, 0.15) is 6.04 Å². The maximum Gasteiger partial charge on any atom is 0.343 e. The van der Waals surface area contributed by atoms with Crippen molar-refractivity contribution >= 4 is 23.5 Å². The Labute approximate surface area is 212 Å². The van der Waals surface area contributed by atoms with E-state index in [0.717, 1.165) is 0 Å². The monoisotopic (exact) mass is 496 g/mol. The van der Waals surface area contributed by atoms with Crippen molar-refractivity contribution in [2.75, 3.05) is 17.2 Å². The van der Waals surface area contributed by atoms with Crippen LogP contribution in [0.4, 0.5) is 11.6 Å². The normalized spacial score (nSPS) is 14.4. The molecule has 0 fully saturated rings. The van der Waals surface area contributed by atoms with E-state index in [4.69, 9.17) is 9.47 Å². The number of amides is 1. The number of esters is 1. The Bertz CT molecular complexity index is 1470. The number of hydrogen-bond donors (Lipinski definition) is 2. The summed E-state index contributed by atoms with van der Waals surface area (Å²) in [4.78, 5) is 26.1. The second-order valence-corrected chi connectivity index (χ2v) is 8.23. The molecule has 3 aromatic carbocycles. The van der Waals surface area contributed by atoms with Crippen LogP contribution < -0.4 is 20.1 Å². The topological polar surface area (TPSA) is 120 Å². The van der Waals surface area contributed by atoms with Crippen molar-refractivity contribution in [3.8, 4) is 11.5 Å². The number of rotatable bonds is 7. The molecule has 2 heterocycles. The molecule has 1 amide bonds. The molecule has 1 aliphatic rings. The molecule has 4 aromatic rings. The first-order valence-corrected chi connectivity index (χ1v) is 11.7. The average molecular weight is 497 g/mol. The number of benzene rings is 3. The van der Waals surface area contributed by atoms with Crippen molar-refractivity contribution in [2.24, 2.45) is 0 Å². The van der Waals surface area contributed by atoms with Crippen molar-refractivity contribution in [1.29, 1.82) is 0 Å². The third kappa shape index (κ3) is 4.90. The molecule has 0 saturated carbocycles. The number of hydrogen-bond acceptors (Lipinski definition) is 8. The first-order chi connectivity index (χ1) is 18.0. The number of tetrazole rings is 1. The largest absolute Gasteiger partial charge is 0.490 e. The number of para-hydroxylation sites is 1. The summed E-state index contributed by atoms with van der Waals surface area (Å²) in [6.07, 6.45) is 0. The van der Waals surface area contributed by atoms with Gasteiger partial charge in [0.05, 0.1) is 17.7 Å². The minimum Gasteiger partial charge on any atom is -0.490 e. The van der Waals surface area contributed by atoms with Gasteiger partial charge in [0.2, 0.25) is 5.95 Å². The Morgan fingerprint density at radius 1 is 1.00 bits per heavy atom. The molecule has 1 atom stereocenters. The van der Waals surface area contributed by atoms with E-state index in [1.165, 1.54) is 4.68 Å². The molecule has 0 unspecified atom stereocenters. The van der Waals surface area contributed by atoms with Gasteiger partial charge in [0, 0.05) is 11.4 Å². The molecule has 37 heavy (non-hydrogen) atoms. The smallest absolute Gasteiger partial charge is 0.343 e. The number of aromatic nitrogens is 4. The molecule has 5 rings (SSSR count). The fraction of sp³-hybridized carbons (Fsp3) is 0.148.